The standard InChI is InChI=1S/C8H2F14O2.C6H2F10O2.C5H2F8O.C3H2F4O/c1-2(9)23-8(21,22)4(12,6(16,17)18)24-7(19,20)3(10,11)5(13,14)15;1-2(7)17-4(10,11)3(8,9)5(12,13)18-6(14,15)16;1-2(6)14-5(12,13)3(7,8)4(9,10)11;1-2(4)8-3(5,6)7/h1H2;1H2;1H2;1H2. The Morgan fingerprint density at radius 2 is 0.484 bits per heavy atom. The molecule has 0 aliphatic carbocycles. The Bertz CT molecular complexity index is 1550. The molecule has 0 aliphatic heterocycles. The second-order valence-electron chi connectivity index (χ2n) is 9.32. The minimum atomic E-state index is -7.54. The lowest BCUT2D eigenvalue weighted by molar-refractivity contribution is -0.531. The van der Waals surface area contributed by atoms with Gasteiger partial charge in [-0.25, -0.2) is 4.74 Å². The first-order chi connectivity index (χ1) is 27.1. The monoisotopic (exact) mass is 1050 g/mol. The summed E-state index contributed by atoms with van der Waals surface area (Å²) in [7, 11) is 0. The fraction of sp³-hybridized carbons (Fsp3) is 0.636. The lowest BCUT2D eigenvalue weighted by Crippen LogP contribution is -2.65. The van der Waals surface area contributed by atoms with Crippen LogP contribution < -0.4 is 0 Å². The summed E-state index contributed by atoms with van der Waals surface area (Å²) < 4.78 is 441. The first-order valence-electron chi connectivity index (χ1n) is 12.7. The van der Waals surface area contributed by atoms with Crippen LogP contribution in [0.2, 0.25) is 0 Å². The molecule has 0 saturated carbocycles. The summed E-state index contributed by atoms with van der Waals surface area (Å²) in [5.41, 5.74) is 0. The van der Waals surface area contributed by atoms with Crippen LogP contribution in [0, 0.1) is 0 Å². The molecule has 0 saturated heterocycles. The van der Waals surface area contributed by atoms with E-state index in [9.17, 15) is 158 Å². The maximum absolute atomic E-state index is 13.2. The van der Waals surface area contributed by atoms with Crippen molar-refractivity contribution in [1.29, 1.82) is 0 Å². The van der Waals surface area contributed by atoms with Gasteiger partial charge in [-0.2, -0.15) is 132 Å². The highest BCUT2D eigenvalue weighted by Gasteiger charge is 2.84. The molecule has 0 fully saturated rings. The van der Waals surface area contributed by atoms with Gasteiger partial charge in [0.25, 0.3) is 24.1 Å². The van der Waals surface area contributed by atoms with E-state index in [1.807, 2.05) is 13.2 Å². The van der Waals surface area contributed by atoms with Crippen LogP contribution in [-0.4, -0.2) is 85.4 Å². The van der Waals surface area contributed by atoms with Gasteiger partial charge >= 0.3 is 85.4 Å². The highest BCUT2D eigenvalue weighted by Crippen LogP contribution is 2.56. The van der Waals surface area contributed by atoms with Gasteiger partial charge in [0.15, 0.2) is 0 Å². The maximum atomic E-state index is 13.2. The van der Waals surface area contributed by atoms with Gasteiger partial charge in [0.1, 0.15) is 0 Å². The smallest absolute Gasteiger partial charge is 0.402 e. The molecule has 0 spiro atoms. The molecule has 0 rings (SSSR count). The maximum Gasteiger partial charge on any atom is 0.574 e. The molecule has 0 bridgehead atoms. The molecule has 0 amide bonds. The lowest BCUT2D eigenvalue weighted by Gasteiger charge is -2.37. The average molecular weight is 1050 g/mol. The fourth-order valence-corrected chi connectivity index (χ4v) is 1.97. The zero-order valence-corrected chi connectivity index (χ0v) is 27.9. The molecule has 384 valence electrons. The molecule has 0 aromatic heterocycles. The van der Waals surface area contributed by atoms with Crippen molar-refractivity contribution in [2.24, 2.45) is 0 Å². The van der Waals surface area contributed by atoms with E-state index < -0.39 is 109 Å². The Morgan fingerprint density at radius 1 is 0.250 bits per heavy atom. The molecule has 0 aliphatic rings. The summed E-state index contributed by atoms with van der Waals surface area (Å²) in [5, 5.41) is 0. The number of hydrogen-bond donors (Lipinski definition) is 0. The van der Waals surface area contributed by atoms with E-state index in [4.69, 9.17) is 0 Å². The number of alkyl halides is 32. The zero-order valence-electron chi connectivity index (χ0n) is 27.9. The molecule has 0 radical (unpaired) electrons. The van der Waals surface area contributed by atoms with Crippen molar-refractivity contribution in [2.45, 2.75) is 85.4 Å². The molecular formula is C22H8F36O6. The summed E-state index contributed by atoms with van der Waals surface area (Å²) in [6.07, 6.45) is -65.9. The molecule has 42 heteroatoms. The largest absolute Gasteiger partial charge is 0.574 e. The summed E-state index contributed by atoms with van der Waals surface area (Å²) in [6, 6.07) is -9.83. The minimum absolute atomic E-state index is 1.47. The van der Waals surface area contributed by atoms with Crippen molar-refractivity contribution in [2.75, 3.05) is 0 Å². The summed E-state index contributed by atoms with van der Waals surface area (Å²) in [5.74, 6) is -28.1. The third-order valence-corrected chi connectivity index (χ3v) is 4.37. The quantitative estimate of drug-likeness (QED) is 0.120. The number of rotatable bonds is 15. The minimum Gasteiger partial charge on any atom is -0.402 e. The first kappa shape index (κ1) is 66.2. The molecule has 0 N–H and O–H groups in total. The zero-order chi connectivity index (χ0) is 53.6. The SMILES string of the molecule is C=C(F)OC(F)(F)C(F)(F)C(F)(F)F.C=C(F)OC(F)(F)C(F)(F)C(F)(F)OC(F)(F)F.C=C(F)OC(F)(F)C(F)(OC(F)(F)C(F)(F)C(F)(F)F)C(F)(F)F.C=C(F)OC(F)(F)F. The van der Waals surface area contributed by atoms with Gasteiger partial charge in [-0.05, 0) is 26.3 Å². The normalized spacial score (nSPS) is 15.1. The van der Waals surface area contributed by atoms with Crippen molar-refractivity contribution >= 4 is 0 Å². The first-order valence-corrected chi connectivity index (χ1v) is 12.7. The van der Waals surface area contributed by atoms with Gasteiger partial charge in [-0.15, -0.1) is 26.3 Å². The van der Waals surface area contributed by atoms with Gasteiger partial charge in [-0.1, -0.05) is 0 Å². The number of halogens is 36. The summed E-state index contributed by atoms with van der Waals surface area (Å²) >= 11 is 0. The summed E-state index contributed by atoms with van der Waals surface area (Å²) in [4.78, 5) is 0. The van der Waals surface area contributed by atoms with Crippen LogP contribution in [0.15, 0.2) is 50.4 Å². The molecule has 64 heavy (non-hydrogen) atoms. The lowest BCUT2D eigenvalue weighted by atomic mass is 10.2. The Hall–Kier alpha value is -4.44. The van der Waals surface area contributed by atoms with Gasteiger partial charge in [0.2, 0.25) is 0 Å². The fourth-order valence-electron chi connectivity index (χ4n) is 1.97. The molecule has 1 atom stereocenters. The van der Waals surface area contributed by atoms with E-state index in [0.717, 1.165) is 0 Å². The van der Waals surface area contributed by atoms with E-state index in [1.54, 1.807) is 11.3 Å². The second kappa shape index (κ2) is 20.4. The highest BCUT2D eigenvalue weighted by molar-refractivity contribution is 4.94. The van der Waals surface area contributed by atoms with E-state index in [0.29, 0.717) is 0 Å². The van der Waals surface area contributed by atoms with Crippen LogP contribution in [0.1, 0.15) is 0 Å². The number of hydrogen-bond acceptors (Lipinski definition) is 6. The molecule has 1 unspecified atom stereocenters. The third-order valence-electron chi connectivity index (χ3n) is 4.37. The van der Waals surface area contributed by atoms with Gasteiger partial charge in [-0.3, -0.25) is 4.74 Å². The van der Waals surface area contributed by atoms with Gasteiger partial charge in [0.05, 0.1) is 0 Å². The van der Waals surface area contributed by atoms with Crippen molar-refractivity contribution in [3.63, 3.8) is 0 Å². The predicted molar refractivity (Wildman–Crippen MR) is 121 cm³/mol. The van der Waals surface area contributed by atoms with Crippen LogP contribution >= 0.6 is 0 Å². The Morgan fingerprint density at radius 3 is 0.688 bits per heavy atom. The molecule has 6 nitrogen and oxygen atoms in total. The Balaban J connectivity index is -0.000000399. The van der Waals surface area contributed by atoms with Gasteiger partial charge < -0.3 is 18.9 Å². The molecule has 0 aromatic rings. The van der Waals surface area contributed by atoms with E-state index in [1.165, 1.54) is 4.74 Å². The van der Waals surface area contributed by atoms with E-state index >= 15 is 0 Å². The van der Waals surface area contributed by atoms with Crippen LogP contribution in [-0.2, 0) is 28.4 Å². The van der Waals surface area contributed by atoms with Crippen molar-refractivity contribution in [3.8, 4) is 0 Å². The predicted octanol–water partition coefficient (Wildman–Crippen LogP) is 14.1. The third kappa shape index (κ3) is 18.6. The van der Waals surface area contributed by atoms with Crippen LogP contribution in [0.4, 0.5) is 158 Å². The number of ether oxygens (including phenoxy) is 6. The highest BCUT2D eigenvalue weighted by atomic mass is 19.5. The topological polar surface area (TPSA) is 55.4 Å². The van der Waals surface area contributed by atoms with Gasteiger partial charge in [0, 0.05) is 0 Å². The molecule has 0 aromatic carbocycles. The van der Waals surface area contributed by atoms with Crippen molar-refractivity contribution in [1.82, 2.24) is 0 Å². The molecular weight excluding hydrogens is 1040 g/mol. The van der Waals surface area contributed by atoms with Crippen LogP contribution in [0.25, 0.3) is 0 Å². The Kier molecular flexibility index (Phi) is 21.1. The van der Waals surface area contributed by atoms with Crippen molar-refractivity contribution < 1.29 is 186 Å². The summed E-state index contributed by atoms with van der Waals surface area (Å²) in [6.45, 7) is 7.84. The van der Waals surface area contributed by atoms with Crippen LogP contribution in [0.3, 0.4) is 0 Å². The Labute approximate surface area is 323 Å². The average Bonchev–Trinajstić information content (AvgIpc) is 2.91. The second-order valence-corrected chi connectivity index (χ2v) is 9.32. The van der Waals surface area contributed by atoms with Crippen LogP contribution in [0.5, 0.6) is 0 Å². The van der Waals surface area contributed by atoms with E-state index in [-0.39, 0.29) is 0 Å². The van der Waals surface area contributed by atoms with Crippen molar-refractivity contribution in [3.05, 3.63) is 50.4 Å². The molecule has 0 heterocycles. The van der Waals surface area contributed by atoms with E-state index in [2.05, 4.69) is 25.5 Å².